The van der Waals surface area contributed by atoms with Gasteiger partial charge in [0, 0.05) is 24.2 Å². The second-order valence-corrected chi connectivity index (χ2v) is 3.96. The molecule has 8 nitrogen and oxygen atoms in total. The summed E-state index contributed by atoms with van der Waals surface area (Å²) in [4.78, 5) is 33.1. The number of hydrogen-bond acceptors (Lipinski definition) is 6. The number of esters is 1. The van der Waals surface area contributed by atoms with Crippen molar-refractivity contribution in [1.82, 2.24) is 0 Å². The molecule has 0 aliphatic carbocycles. The van der Waals surface area contributed by atoms with E-state index < -0.39 is 10.9 Å². The standard InChI is InChI=1S/C12H15N3O5.ClH/c1-20-12(17)8-5-9(7-10(6-8)15(18)19)14-11(16)3-2-4-13;/h5-7H,2-4,13H2,1H3,(H,14,16);1H. The van der Waals surface area contributed by atoms with Crippen molar-refractivity contribution >= 4 is 35.7 Å². The number of methoxy groups -OCH3 is 1. The number of anilines is 1. The maximum atomic E-state index is 11.6. The molecule has 1 aromatic carbocycles. The van der Waals surface area contributed by atoms with Crippen molar-refractivity contribution < 1.29 is 19.2 Å². The number of non-ortho nitro benzene ring substituents is 1. The fraction of sp³-hybridized carbons (Fsp3) is 0.333. The minimum Gasteiger partial charge on any atom is -0.465 e. The Labute approximate surface area is 127 Å². The number of hydrogen-bond donors (Lipinski definition) is 2. The van der Waals surface area contributed by atoms with Gasteiger partial charge in [-0.3, -0.25) is 14.9 Å². The van der Waals surface area contributed by atoms with Gasteiger partial charge in [-0.05, 0) is 19.0 Å². The van der Waals surface area contributed by atoms with E-state index in [1.165, 1.54) is 19.2 Å². The zero-order valence-electron chi connectivity index (χ0n) is 11.3. The molecule has 1 rings (SSSR count). The van der Waals surface area contributed by atoms with E-state index in [0.29, 0.717) is 13.0 Å². The van der Waals surface area contributed by atoms with Crippen LogP contribution in [0.5, 0.6) is 0 Å². The van der Waals surface area contributed by atoms with Gasteiger partial charge in [-0.2, -0.15) is 0 Å². The lowest BCUT2D eigenvalue weighted by molar-refractivity contribution is -0.384. The second kappa shape index (κ2) is 8.88. The van der Waals surface area contributed by atoms with Crippen LogP contribution in [0, 0.1) is 10.1 Å². The number of carbonyl (C=O) groups is 2. The second-order valence-electron chi connectivity index (χ2n) is 3.96. The molecule has 0 heterocycles. The number of nitrogens with zero attached hydrogens (tertiary/aromatic N) is 1. The molecule has 0 radical (unpaired) electrons. The summed E-state index contributed by atoms with van der Waals surface area (Å²) in [7, 11) is 1.17. The molecule has 0 aromatic heterocycles. The van der Waals surface area contributed by atoms with Gasteiger partial charge in [-0.15, -0.1) is 12.4 Å². The topological polar surface area (TPSA) is 125 Å². The fourth-order valence-electron chi connectivity index (χ4n) is 1.51. The Hall–Kier alpha value is -2.19. The first-order chi connectivity index (χ1) is 9.47. The molecule has 0 aliphatic rings. The summed E-state index contributed by atoms with van der Waals surface area (Å²) in [5, 5.41) is 13.3. The van der Waals surface area contributed by atoms with Crippen LogP contribution >= 0.6 is 12.4 Å². The quantitative estimate of drug-likeness (QED) is 0.465. The molecule has 0 fully saturated rings. The number of benzene rings is 1. The van der Waals surface area contributed by atoms with Crippen molar-refractivity contribution in [1.29, 1.82) is 0 Å². The van der Waals surface area contributed by atoms with Gasteiger partial charge in [0.2, 0.25) is 5.91 Å². The maximum Gasteiger partial charge on any atom is 0.338 e. The number of rotatable bonds is 6. The number of carbonyl (C=O) groups excluding carboxylic acids is 2. The first kappa shape index (κ1) is 18.8. The Morgan fingerprint density at radius 3 is 2.57 bits per heavy atom. The zero-order chi connectivity index (χ0) is 15.1. The summed E-state index contributed by atoms with van der Waals surface area (Å²) in [6.07, 6.45) is 0.706. The van der Waals surface area contributed by atoms with Gasteiger partial charge in [0.15, 0.2) is 0 Å². The van der Waals surface area contributed by atoms with Gasteiger partial charge in [0.05, 0.1) is 17.6 Å². The molecule has 1 amide bonds. The van der Waals surface area contributed by atoms with Crippen molar-refractivity contribution in [2.24, 2.45) is 5.73 Å². The zero-order valence-corrected chi connectivity index (χ0v) is 12.1. The van der Waals surface area contributed by atoms with Crippen LogP contribution < -0.4 is 11.1 Å². The highest BCUT2D eigenvalue weighted by molar-refractivity contribution is 5.95. The first-order valence-electron chi connectivity index (χ1n) is 5.85. The predicted molar refractivity (Wildman–Crippen MR) is 78.6 cm³/mol. The van der Waals surface area contributed by atoms with Crippen molar-refractivity contribution in [2.75, 3.05) is 19.0 Å². The molecular formula is C12H16ClN3O5. The average molecular weight is 318 g/mol. The molecule has 1 aromatic rings. The molecule has 0 saturated carbocycles. The van der Waals surface area contributed by atoms with E-state index >= 15 is 0 Å². The number of ether oxygens (including phenoxy) is 1. The van der Waals surface area contributed by atoms with Crippen LogP contribution in [0.4, 0.5) is 11.4 Å². The van der Waals surface area contributed by atoms with Crippen LogP contribution in [0.3, 0.4) is 0 Å². The monoisotopic (exact) mass is 317 g/mol. The van der Waals surface area contributed by atoms with Crippen LogP contribution in [0.15, 0.2) is 18.2 Å². The van der Waals surface area contributed by atoms with Crippen LogP contribution in [0.1, 0.15) is 23.2 Å². The van der Waals surface area contributed by atoms with Gasteiger partial charge in [0.25, 0.3) is 5.69 Å². The molecule has 21 heavy (non-hydrogen) atoms. The summed E-state index contributed by atoms with van der Waals surface area (Å²) in [6.45, 7) is 0.371. The predicted octanol–water partition coefficient (Wildman–Crippen LogP) is 1.48. The largest absolute Gasteiger partial charge is 0.465 e. The lowest BCUT2D eigenvalue weighted by atomic mass is 10.1. The van der Waals surface area contributed by atoms with Crippen molar-refractivity contribution in [2.45, 2.75) is 12.8 Å². The van der Waals surface area contributed by atoms with Gasteiger partial charge in [-0.25, -0.2) is 4.79 Å². The average Bonchev–Trinajstić information content (AvgIpc) is 2.43. The number of nitro groups is 1. The molecule has 3 N–H and O–H groups in total. The molecule has 116 valence electrons. The van der Waals surface area contributed by atoms with Crippen molar-refractivity contribution in [3.63, 3.8) is 0 Å². The number of nitrogens with one attached hydrogen (secondary N) is 1. The summed E-state index contributed by atoms with van der Waals surface area (Å²) >= 11 is 0. The Morgan fingerprint density at radius 2 is 2.05 bits per heavy atom. The van der Waals surface area contributed by atoms with Gasteiger partial charge in [0.1, 0.15) is 0 Å². The summed E-state index contributed by atoms with van der Waals surface area (Å²) < 4.78 is 4.51. The minimum atomic E-state index is -0.717. The molecule has 0 atom stereocenters. The Balaban J connectivity index is 0.00000400. The van der Waals surface area contributed by atoms with E-state index in [4.69, 9.17) is 5.73 Å². The van der Waals surface area contributed by atoms with Crippen LogP contribution in [0.2, 0.25) is 0 Å². The number of amides is 1. The fourth-order valence-corrected chi connectivity index (χ4v) is 1.51. The van der Waals surface area contributed by atoms with E-state index in [-0.39, 0.29) is 41.7 Å². The molecule has 0 saturated heterocycles. The third-order valence-corrected chi connectivity index (χ3v) is 2.44. The highest BCUT2D eigenvalue weighted by atomic mass is 35.5. The van der Waals surface area contributed by atoms with Crippen LogP contribution in [-0.2, 0) is 9.53 Å². The summed E-state index contributed by atoms with van der Waals surface area (Å²) in [6, 6.07) is 3.58. The molecule has 0 bridgehead atoms. The number of nitro benzene ring substituents is 1. The highest BCUT2D eigenvalue weighted by Gasteiger charge is 2.15. The first-order valence-corrected chi connectivity index (χ1v) is 5.85. The third-order valence-electron chi connectivity index (χ3n) is 2.44. The van der Waals surface area contributed by atoms with Gasteiger partial charge in [-0.1, -0.05) is 0 Å². The smallest absolute Gasteiger partial charge is 0.338 e. The van der Waals surface area contributed by atoms with Crippen LogP contribution in [0.25, 0.3) is 0 Å². The lowest BCUT2D eigenvalue weighted by Crippen LogP contribution is -2.14. The van der Waals surface area contributed by atoms with Crippen LogP contribution in [-0.4, -0.2) is 30.5 Å². The Bertz CT molecular complexity index is 536. The number of nitrogens with two attached hydrogens (primary N) is 1. The van der Waals surface area contributed by atoms with Gasteiger partial charge >= 0.3 is 5.97 Å². The van der Waals surface area contributed by atoms with E-state index in [1.807, 2.05) is 0 Å². The minimum absolute atomic E-state index is 0. The Morgan fingerprint density at radius 1 is 1.38 bits per heavy atom. The molecule has 9 heteroatoms. The van der Waals surface area contributed by atoms with Crippen molar-refractivity contribution in [3.8, 4) is 0 Å². The summed E-state index contributed by atoms with van der Waals surface area (Å²) in [5.41, 5.74) is 5.15. The Kier molecular flexibility index (Phi) is 7.95. The third kappa shape index (κ3) is 5.76. The molecule has 0 spiro atoms. The van der Waals surface area contributed by atoms with E-state index in [0.717, 1.165) is 6.07 Å². The van der Waals surface area contributed by atoms with E-state index in [1.54, 1.807) is 0 Å². The highest BCUT2D eigenvalue weighted by Crippen LogP contribution is 2.21. The SMILES string of the molecule is COC(=O)c1cc(NC(=O)CCCN)cc([N+](=O)[O-])c1.Cl. The van der Waals surface area contributed by atoms with Gasteiger partial charge < -0.3 is 15.8 Å². The normalized spacial score (nSPS) is 9.43. The van der Waals surface area contributed by atoms with E-state index in [2.05, 4.69) is 10.1 Å². The maximum absolute atomic E-state index is 11.6. The molecular weight excluding hydrogens is 302 g/mol. The summed E-state index contributed by atoms with van der Waals surface area (Å²) in [5.74, 6) is -1.04. The van der Waals surface area contributed by atoms with E-state index in [9.17, 15) is 19.7 Å². The molecule has 0 aliphatic heterocycles. The molecule has 0 unspecified atom stereocenters. The lowest BCUT2D eigenvalue weighted by Gasteiger charge is -2.07. The number of halogens is 1. The van der Waals surface area contributed by atoms with Crippen molar-refractivity contribution in [3.05, 3.63) is 33.9 Å².